The molecule has 0 bridgehead atoms. The van der Waals surface area contributed by atoms with Crippen molar-refractivity contribution in [2.45, 2.75) is 57.9 Å². The van der Waals surface area contributed by atoms with E-state index >= 15 is 0 Å². The highest BCUT2D eigenvalue weighted by molar-refractivity contribution is 5.45. The molecule has 0 radical (unpaired) electrons. The fraction of sp³-hybridized carbons (Fsp3) is 0.600. The van der Waals surface area contributed by atoms with Gasteiger partial charge in [-0.25, -0.2) is 4.39 Å². The average Bonchev–Trinajstić information content (AvgIpc) is 2.34. The summed E-state index contributed by atoms with van der Waals surface area (Å²) >= 11 is 0. The lowest BCUT2D eigenvalue weighted by Gasteiger charge is -2.41. The van der Waals surface area contributed by atoms with Gasteiger partial charge in [0.15, 0.2) is 0 Å². The third-order valence-electron chi connectivity index (χ3n) is 4.59. The van der Waals surface area contributed by atoms with Crippen LogP contribution in [0.3, 0.4) is 0 Å². The highest BCUT2D eigenvalue weighted by atomic mass is 19.1. The summed E-state index contributed by atoms with van der Waals surface area (Å²) in [5, 5.41) is 0. The number of aryl methyl sites for hydroxylation is 1. The first-order valence-corrected chi connectivity index (χ1v) is 6.60. The molecule has 1 aromatic carbocycles. The Labute approximate surface area is 103 Å². The molecule has 0 spiro atoms. The van der Waals surface area contributed by atoms with Crippen LogP contribution in [0.1, 0.15) is 62.3 Å². The number of hydrogen-bond acceptors (Lipinski definition) is 1. The van der Waals surface area contributed by atoms with Crippen LogP contribution in [-0.2, 0) is 5.41 Å². The molecule has 1 aromatic rings. The van der Waals surface area contributed by atoms with E-state index in [0.717, 1.165) is 31.2 Å². The number of halogens is 1. The molecule has 1 aliphatic carbocycles. The third kappa shape index (κ3) is 1.79. The van der Waals surface area contributed by atoms with Gasteiger partial charge in [-0.3, -0.25) is 0 Å². The fourth-order valence-electron chi connectivity index (χ4n) is 3.43. The van der Waals surface area contributed by atoms with Gasteiger partial charge in [-0.1, -0.05) is 19.9 Å². The van der Waals surface area contributed by atoms with E-state index < -0.39 is 0 Å². The molecule has 0 saturated heterocycles. The summed E-state index contributed by atoms with van der Waals surface area (Å²) in [5.74, 6) is -0.121. The van der Waals surface area contributed by atoms with E-state index in [1.165, 1.54) is 11.1 Å². The normalized spacial score (nSPS) is 22.3. The number of nitrogens with two attached hydrogens (primary N) is 1. The van der Waals surface area contributed by atoms with Crippen molar-refractivity contribution in [3.05, 3.63) is 34.6 Å². The number of benzene rings is 1. The Hall–Kier alpha value is -0.890. The smallest absolute Gasteiger partial charge is 0.128 e. The van der Waals surface area contributed by atoms with E-state index in [4.69, 9.17) is 5.73 Å². The van der Waals surface area contributed by atoms with Crippen molar-refractivity contribution in [1.29, 1.82) is 0 Å². The lowest BCUT2D eigenvalue weighted by molar-refractivity contribution is 0.307. The Kier molecular flexibility index (Phi) is 3.26. The van der Waals surface area contributed by atoms with Gasteiger partial charge in [-0.2, -0.15) is 0 Å². The fourth-order valence-corrected chi connectivity index (χ4v) is 3.43. The van der Waals surface area contributed by atoms with Crippen molar-refractivity contribution >= 4 is 0 Å². The summed E-state index contributed by atoms with van der Waals surface area (Å²) in [6.07, 6.45) is 4.11. The zero-order valence-electron chi connectivity index (χ0n) is 11.0. The quantitative estimate of drug-likeness (QED) is 0.824. The maximum atomic E-state index is 14.0. The van der Waals surface area contributed by atoms with E-state index in [2.05, 4.69) is 20.8 Å². The summed E-state index contributed by atoms with van der Waals surface area (Å²) in [7, 11) is 0. The van der Waals surface area contributed by atoms with Gasteiger partial charge < -0.3 is 5.73 Å². The molecule has 0 aliphatic heterocycles. The Morgan fingerprint density at radius 3 is 2.59 bits per heavy atom. The summed E-state index contributed by atoms with van der Waals surface area (Å²) < 4.78 is 14.0. The predicted octanol–water partition coefficient (Wildman–Crippen LogP) is 3.99. The van der Waals surface area contributed by atoms with Crippen molar-refractivity contribution < 1.29 is 4.39 Å². The van der Waals surface area contributed by atoms with Gasteiger partial charge in [0.25, 0.3) is 0 Å². The molecule has 2 heteroatoms. The average molecular weight is 235 g/mol. The van der Waals surface area contributed by atoms with Gasteiger partial charge in [0.1, 0.15) is 5.82 Å². The minimum atomic E-state index is -0.129. The third-order valence-corrected chi connectivity index (χ3v) is 4.59. The van der Waals surface area contributed by atoms with Gasteiger partial charge in [-0.15, -0.1) is 0 Å². The highest BCUT2D eigenvalue weighted by Crippen LogP contribution is 2.47. The van der Waals surface area contributed by atoms with Gasteiger partial charge in [0, 0.05) is 11.6 Å². The van der Waals surface area contributed by atoms with Crippen molar-refractivity contribution in [2.24, 2.45) is 5.73 Å². The summed E-state index contributed by atoms with van der Waals surface area (Å²) in [4.78, 5) is 0. The first kappa shape index (κ1) is 12.6. The molecule has 94 valence electrons. The molecule has 17 heavy (non-hydrogen) atoms. The molecular formula is C15H22FN. The number of fused-ring (bicyclic) bond motifs is 1. The topological polar surface area (TPSA) is 26.0 Å². The standard InChI is InChI=1S/C15H22FN/c1-4-15(5-2)9-8-12(17)13-11(16)7-6-10(3)14(13)15/h6-7,12H,4-5,8-9,17H2,1-3H3. The molecule has 0 saturated carbocycles. The van der Waals surface area contributed by atoms with Crippen LogP contribution < -0.4 is 5.73 Å². The molecule has 2 N–H and O–H groups in total. The Balaban J connectivity index is 2.70. The molecule has 1 aliphatic rings. The van der Waals surface area contributed by atoms with Crippen LogP contribution in [-0.4, -0.2) is 0 Å². The SMILES string of the molecule is CCC1(CC)CCC(N)c2c(F)ccc(C)c21. The van der Waals surface area contributed by atoms with Gasteiger partial charge in [0.05, 0.1) is 0 Å². The molecule has 2 rings (SSSR count). The van der Waals surface area contributed by atoms with Crippen molar-refractivity contribution in [1.82, 2.24) is 0 Å². The monoisotopic (exact) mass is 235 g/mol. The van der Waals surface area contributed by atoms with Crippen LogP contribution in [0.4, 0.5) is 4.39 Å². The zero-order chi connectivity index (χ0) is 12.6. The molecule has 0 heterocycles. The van der Waals surface area contributed by atoms with Crippen LogP contribution >= 0.6 is 0 Å². The highest BCUT2D eigenvalue weighted by Gasteiger charge is 2.38. The van der Waals surface area contributed by atoms with Crippen LogP contribution in [0.15, 0.2) is 12.1 Å². The molecular weight excluding hydrogens is 213 g/mol. The molecule has 0 aromatic heterocycles. The van der Waals surface area contributed by atoms with E-state index in [1.54, 1.807) is 6.07 Å². The lowest BCUT2D eigenvalue weighted by atomic mass is 9.64. The Bertz CT molecular complexity index is 421. The van der Waals surface area contributed by atoms with Crippen molar-refractivity contribution in [3.63, 3.8) is 0 Å². The zero-order valence-corrected chi connectivity index (χ0v) is 11.0. The molecule has 1 unspecified atom stereocenters. The summed E-state index contributed by atoms with van der Waals surface area (Å²) in [6, 6.07) is 3.33. The van der Waals surface area contributed by atoms with Gasteiger partial charge >= 0.3 is 0 Å². The van der Waals surface area contributed by atoms with Crippen molar-refractivity contribution in [2.75, 3.05) is 0 Å². The van der Waals surface area contributed by atoms with Crippen LogP contribution in [0.2, 0.25) is 0 Å². The minimum absolute atomic E-state index is 0.121. The molecule has 0 amide bonds. The second kappa shape index (κ2) is 4.41. The number of rotatable bonds is 2. The second-order valence-electron chi connectivity index (χ2n) is 5.29. The van der Waals surface area contributed by atoms with E-state index in [0.29, 0.717) is 0 Å². The lowest BCUT2D eigenvalue weighted by Crippen LogP contribution is -2.35. The van der Waals surface area contributed by atoms with Crippen LogP contribution in [0.5, 0.6) is 0 Å². The maximum absolute atomic E-state index is 14.0. The Morgan fingerprint density at radius 1 is 1.35 bits per heavy atom. The maximum Gasteiger partial charge on any atom is 0.128 e. The molecule has 0 fully saturated rings. The predicted molar refractivity (Wildman–Crippen MR) is 69.6 cm³/mol. The van der Waals surface area contributed by atoms with Gasteiger partial charge in [0.2, 0.25) is 0 Å². The molecule has 1 atom stereocenters. The first-order chi connectivity index (χ1) is 8.05. The minimum Gasteiger partial charge on any atom is -0.324 e. The molecule has 1 nitrogen and oxygen atoms in total. The van der Waals surface area contributed by atoms with Crippen LogP contribution in [0, 0.1) is 12.7 Å². The van der Waals surface area contributed by atoms with E-state index in [1.807, 2.05) is 6.07 Å². The van der Waals surface area contributed by atoms with Crippen molar-refractivity contribution in [3.8, 4) is 0 Å². The second-order valence-corrected chi connectivity index (χ2v) is 5.29. The largest absolute Gasteiger partial charge is 0.324 e. The van der Waals surface area contributed by atoms with Gasteiger partial charge in [-0.05, 0) is 55.2 Å². The van der Waals surface area contributed by atoms with E-state index in [-0.39, 0.29) is 17.3 Å². The number of hydrogen-bond donors (Lipinski definition) is 1. The summed E-state index contributed by atoms with van der Waals surface area (Å²) in [5.41, 5.74) is 9.41. The summed E-state index contributed by atoms with van der Waals surface area (Å²) in [6.45, 7) is 6.49. The Morgan fingerprint density at radius 2 is 2.00 bits per heavy atom. The van der Waals surface area contributed by atoms with E-state index in [9.17, 15) is 4.39 Å². The first-order valence-electron chi connectivity index (χ1n) is 6.60. The van der Waals surface area contributed by atoms with Crippen LogP contribution in [0.25, 0.3) is 0 Å².